The van der Waals surface area contributed by atoms with Crippen LogP contribution in [0.4, 0.5) is 0 Å². The number of halogens is 1. The third-order valence-electron chi connectivity index (χ3n) is 6.67. The highest BCUT2D eigenvalue weighted by atomic mass is 35.5. The molecule has 1 atom stereocenters. The quantitative estimate of drug-likeness (QED) is 0.364. The van der Waals surface area contributed by atoms with E-state index in [1.807, 2.05) is 6.07 Å². The first kappa shape index (κ1) is 25.1. The van der Waals surface area contributed by atoms with Gasteiger partial charge in [-0.25, -0.2) is 13.2 Å². The SMILES string of the molecule is COc1ccc(S(=O)(=O)n2c(=O)n(C(C(=O)N3CCCCC3)c3ccccc3)c3cc(Cl)ccc32)cc1. The molecule has 1 saturated heterocycles. The molecule has 0 spiro atoms. The van der Waals surface area contributed by atoms with Gasteiger partial charge >= 0.3 is 5.69 Å². The number of methoxy groups -OCH3 is 1. The minimum absolute atomic E-state index is 0.0805. The topological polar surface area (TPSA) is 90.6 Å². The van der Waals surface area contributed by atoms with E-state index in [-0.39, 0.29) is 21.8 Å². The van der Waals surface area contributed by atoms with Crippen LogP contribution >= 0.6 is 11.6 Å². The molecule has 3 aromatic carbocycles. The summed E-state index contributed by atoms with van der Waals surface area (Å²) < 4.78 is 34.7. The van der Waals surface area contributed by atoms with Crippen molar-refractivity contribution >= 4 is 38.6 Å². The fourth-order valence-electron chi connectivity index (χ4n) is 4.82. The van der Waals surface area contributed by atoms with Gasteiger partial charge in [0.1, 0.15) is 11.8 Å². The maximum Gasteiger partial charge on any atom is 0.344 e. The van der Waals surface area contributed by atoms with E-state index >= 15 is 0 Å². The minimum Gasteiger partial charge on any atom is -0.497 e. The highest BCUT2D eigenvalue weighted by Crippen LogP contribution is 2.30. The molecule has 0 bridgehead atoms. The van der Waals surface area contributed by atoms with Crippen LogP contribution in [0.15, 0.2) is 82.5 Å². The number of carbonyl (C=O) groups is 1. The number of likely N-dealkylation sites (tertiary alicyclic amines) is 1. The number of piperidine rings is 1. The number of benzene rings is 3. The van der Waals surface area contributed by atoms with E-state index < -0.39 is 21.8 Å². The second kappa shape index (κ2) is 10.1. The summed E-state index contributed by atoms with van der Waals surface area (Å²) in [5, 5.41) is 0.317. The van der Waals surface area contributed by atoms with E-state index in [1.54, 1.807) is 29.2 Å². The van der Waals surface area contributed by atoms with Gasteiger partial charge in [0.2, 0.25) is 5.91 Å². The molecule has 0 aliphatic carbocycles. The van der Waals surface area contributed by atoms with Crippen molar-refractivity contribution in [3.8, 4) is 5.75 Å². The summed E-state index contributed by atoms with van der Waals surface area (Å²) in [6, 6.07) is 18.2. The van der Waals surface area contributed by atoms with E-state index in [4.69, 9.17) is 16.3 Å². The number of hydrogen-bond donors (Lipinski definition) is 0. The fourth-order valence-corrected chi connectivity index (χ4v) is 6.39. The van der Waals surface area contributed by atoms with Crippen molar-refractivity contribution in [1.29, 1.82) is 0 Å². The average Bonchev–Trinajstić information content (AvgIpc) is 3.21. The van der Waals surface area contributed by atoms with Crippen molar-refractivity contribution in [2.24, 2.45) is 0 Å². The minimum atomic E-state index is -4.32. The molecule has 4 aromatic rings. The predicted molar refractivity (Wildman–Crippen MR) is 142 cm³/mol. The first-order valence-electron chi connectivity index (χ1n) is 12.0. The van der Waals surface area contributed by atoms with Gasteiger partial charge in [-0.2, -0.15) is 3.97 Å². The molecule has 0 radical (unpaired) electrons. The van der Waals surface area contributed by atoms with Crippen LogP contribution in [0.1, 0.15) is 30.9 Å². The van der Waals surface area contributed by atoms with Crippen LogP contribution in [0, 0.1) is 0 Å². The van der Waals surface area contributed by atoms with Gasteiger partial charge in [-0.15, -0.1) is 0 Å². The van der Waals surface area contributed by atoms with Crippen molar-refractivity contribution in [3.63, 3.8) is 0 Å². The first-order valence-corrected chi connectivity index (χ1v) is 13.8. The van der Waals surface area contributed by atoms with Crippen LogP contribution in [0.5, 0.6) is 5.75 Å². The third-order valence-corrected chi connectivity index (χ3v) is 8.61. The number of carbonyl (C=O) groups excluding carboxylic acids is 1. The molecule has 2 heterocycles. The highest BCUT2D eigenvalue weighted by molar-refractivity contribution is 7.90. The number of imidazole rings is 1. The predicted octanol–water partition coefficient (Wildman–Crippen LogP) is 4.30. The molecule has 1 aromatic heterocycles. The van der Waals surface area contributed by atoms with E-state index in [0.29, 0.717) is 29.4 Å². The molecular formula is C27H26ClN3O5S. The normalized spacial score (nSPS) is 15.0. The third kappa shape index (κ3) is 4.53. The van der Waals surface area contributed by atoms with E-state index in [9.17, 15) is 18.0 Å². The van der Waals surface area contributed by atoms with Crippen LogP contribution in [-0.4, -0.2) is 48.0 Å². The zero-order valence-electron chi connectivity index (χ0n) is 20.2. The van der Waals surface area contributed by atoms with Crippen LogP contribution in [0.25, 0.3) is 11.0 Å². The molecule has 0 saturated carbocycles. The van der Waals surface area contributed by atoms with Crippen molar-refractivity contribution in [2.75, 3.05) is 20.2 Å². The van der Waals surface area contributed by atoms with Crippen LogP contribution < -0.4 is 10.4 Å². The Morgan fingerprint density at radius 3 is 2.24 bits per heavy atom. The Hall–Kier alpha value is -3.56. The number of fused-ring (bicyclic) bond motifs is 1. The first-order chi connectivity index (χ1) is 17.8. The van der Waals surface area contributed by atoms with Crippen molar-refractivity contribution in [2.45, 2.75) is 30.2 Å². The molecule has 8 nitrogen and oxygen atoms in total. The van der Waals surface area contributed by atoms with Gasteiger partial charge in [-0.3, -0.25) is 9.36 Å². The largest absolute Gasteiger partial charge is 0.497 e. The van der Waals surface area contributed by atoms with Crippen molar-refractivity contribution < 1.29 is 17.9 Å². The maximum absolute atomic E-state index is 14.1. The second-order valence-corrected chi connectivity index (χ2v) is 11.2. The van der Waals surface area contributed by atoms with Crippen molar-refractivity contribution in [1.82, 2.24) is 13.4 Å². The maximum atomic E-state index is 14.1. The van der Waals surface area contributed by atoms with E-state index in [2.05, 4.69) is 0 Å². The Morgan fingerprint density at radius 2 is 1.59 bits per heavy atom. The summed E-state index contributed by atoms with van der Waals surface area (Å²) in [4.78, 5) is 29.7. The monoisotopic (exact) mass is 539 g/mol. The fraction of sp³-hybridized carbons (Fsp3) is 0.259. The van der Waals surface area contributed by atoms with Gasteiger partial charge in [-0.05, 0) is 67.3 Å². The summed E-state index contributed by atoms with van der Waals surface area (Å²) in [6.07, 6.45) is 2.79. The molecule has 1 aliphatic rings. The molecule has 192 valence electrons. The molecule has 1 aliphatic heterocycles. The lowest BCUT2D eigenvalue weighted by atomic mass is 10.0. The molecule has 37 heavy (non-hydrogen) atoms. The lowest BCUT2D eigenvalue weighted by molar-refractivity contribution is -0.134. The van der Waals surface area contributed by atoms with Gasteiger partial charge in [0.05, 0.1) is 23.0 Å². The summed E-state index contributed by atoms with van der Waals surface area (Å²) >= 11 is 6.31. The molecule has 10 heteroatoms. The summed E-state index contributed by atoms with van der Waals surface area (Å²) in [5.41, 5.74) is 0.139. The second-order valence-electron chi connectivity index (χ2n) is 8.93. The van der Waals surface area contributed by atoms with E-state index in [0.717, 1.165) is 23.2 Å². The lowest BCUT2D eigenvalue weighted by Gasteiger charge is -2.31. The molecule has 1 unspecified atom stereocenters. The van der Waals surface area contributed by atoms with Gasteiger partial charge in [0.25, 0.3) is 10.0 Å². The molecule has 1 amide bonds. The molecular weight excluding hydrogens is 514 g/mol. The number of nitrogens with zero attached hydrogens (tertiary/aromatic N) is 3. The van der Waals surface area contributed by atoms with Gasteiger partial charge in [0.15, 0.2) is 0 Å². The van der Waals surface area contributed by atoms with Gasteiger partial charge < -0.3 is 9.64 Å². The summed E-state index contributed by atoms with van der Waals surface area (Å²) in [7, 11) is -2.84. The molecule has 0 N–H and O–H groups in total. The Morgan fingerprint density at radius 1 is 0.919 bits per heavy atom. The highest BCUT2D eigenvalue weighted by Gasteiger charge is 2.34. The summed E-state index contributed by atoms with van der Waals surface area (Å²) in [5.74, 6) is 0.227. The van der Waals surface area contributed by atoms with Crippen LogP contribution in [0.2, 0.25) is 5.02 Å². The number of ether oxygens (including phenoxy) is 1. The molecule has 5 rings (SSSR count). The Kier molecular flexibility index (Phi) is 6.83. The average molecular weight is 540 g/mol. The Balaban J connectivity index is 1.77. The van der Waals surface area contributed by atoms with Gasteiger partial charge in [0, 0.05) is 18.1 Å². The number of hydrogen-bond acceptors (Lipinski definition) is 5. The lowest BCUT2D eigenvalue weighted by Crippen LogP contribution is -2.43. The zero-order valence-corrected chi connectivity index (χ0v) is 21.8. The number of rotatable bonds is 6. The van der Waals surface area contributed by atoms with Gasteiger partial charge in [-0.1, -0.05) is 41.9 Å². The van der Waals surface area contributed by atoms with Crippen molar-refractivity contribution in [3.05, 3.63) is 93.9 Å². The standard InChI is InChI=1S/C27H26ClN3O5S/c1-36-21-11-13-22(14-12-21)37(34,35)31-23-15-10-20(28)18-24(23)30(27(31)33)25(19-8-4-2-5-9-19)26(32)29-16-6-3-7-17-29/h2,4-5,8-15,18,25H,3,6-7,16-17H2,1H3. The van der Waals surface area contributed by atoms with Crippen LogP contribution in [-0.2, 0) is 14.8 Å². The smallest absolute Gasteiger partial charge is 0.344 e. The number of amides is 1. The Labute approximate surface area is 219 Å². The Bertz CT molecular complexity index is 1610. The number of aromatic nitrogens is 2. The van der Waals surface area contributed by atoms with E-state index in [1.165, 1.54) is 54.1 Å². The molecule has 1 fully saturated rings. The zero-order chi connectivity index (χ0) is 26.2. The van der Waals surface area contributed by atoms with Crippen LogP contribution in [0.3, 0.4) is 0 Å². The summed E-state index contributed by atoms with van der Waals surface area (Å²) in [6.45, 7) is 1.17.